The molecule has 0 aromatic carbocycles. The molecule has 1 amide bonds. The summed E-state index contributed by atoms with van der Waals surface area (Å²) < 4.78 is 1.84. The van der Waals surface area contributed by atoms with E-state index in [1.807, 2.05) is 31.8 Å². The average molecular weight is 278 g/mol. The molecule has 1 aromatic heterocycles. The molecule has 112 valence electrons. The van der Waals surface area contributed by atoms with Crippen molar-refractivity contribution in [3.63, 3.8) is 0 Å². The fraction of sp³-hybridized carbons (Fsp3) is 0.733. The summed E-state index contributed by atoms with van der Waals surface area (Å²) in [5.74, 6) is 0.181. The van der Waals surface area contributed by atoms with Gasteiger partial charge in [-0.1, -0.05) is 13.3 Å². The predicted molar refractivity (Wildman–Crippen MR) is 79.3 cm³/mol. The lowest BCUT2D eigenvalue weighted by atomic mass is 9.81. The summed E-state index contributed by atoms with van der Waals surface area (Å²) in [5.41, 5.74) is 1.98. The van der Waals surface area contributed by atoms with E-state index in [1.54, 1.807) is 0 Å². The number of nitrogens with zero attached hydrogens (tertiary/aromatic N) is 2. The van der Waals surface area contributed by atoms with Crippen LogP contribution < -0.4 is 10.6 Å². The highest BCUT2D eigenvalue weighted by atomic mass is 16.2. The highest BCUT2D eigenvalue weighted by molar-refractivity contribution is 5.83. The lowest BCUT2D eigenvalue weighted by Gasteiger charge is -2.28. The van der Waals surface area contributed by atoms with Crippen LogP contribution in [0.1, 0.15) is 50.4 Å². The zero-order chi connectivity index (χ0) is 14.8. The van der Waals surface area contributed by atoms with Gasteiger partial charge in [0.2, 0.25) is 5.91 Å². The topological polar surface area (TPSA) is 59.0 Å². The van der Waals surface area contributed by atoms with Crippen LogP contribution in [0.25, 0.3) is 0 Å². The second-order valence-electron chi connectivity index (χ2n) is 5.96. The number of carbonyl (C=O) groups excluding carboxylic acids is 1. The van der Waals surface area contributed by atoms with Crippen LogP contribution in [-0.2, 0) is 11.8 Å². The summed E-state index contributed by atoms with van der Waals surface area (Å²) in [4.78, 5) is 12.7. The van der Waals surface area contributed by atoms with Gasteiger partial charge in [-0.2, -0.15) is 5.10 Å². The van der Waals surface area contributed by atoms with Gasteiger partial charge in [-0.3, -0.25) is 9.48 Å². The Morgan fingerprint density at radius 3 is 2.90 bits per heavy atom. The van der Waals surface area contributed by atoms with E-state index < -0.39 is 0 Å². The van der Waals surface area contributed by atoms with Gasteiger partial charge in [0.1, 0.15) is 0 Å². The Hall–Kier alpha value is -1.36. The molecule has 1 fully saturated rings. The minimum absolute atomic E-state index is 0.00512. The average Bonchev–Trinajstić information content (AvgIpc) is 3.00. The third-order valence-corrected chi connectivity index (χ3v) is 4.54. The summed E-state index contributed by atoms with van der Waals surface area (Å²) in [6, 6.07) is 0.00512. The molecular formula is C15H26N4O. The molecule has 2 rings (SSSR count). The third-order valence-electron chi connectivity index (χ3n) is 4.54. The van der Waals surface area contributed by atoms with Crippen molar-refractivity contribution in [2.75, 3.05) is 13.1 Å². The summed E-state index contributed by atoms with van der Waals surface area (Å²) in [7, 11) is 1.92. The van der Waals surface area contributed by atoms with E-state index >= 15 is 0 Å². The third kappa shape index (κ3) is 2.73. The fourth-order valence-electron chi connectivity index (χ4n) is 3.11. The van der Waals surface area contributed by atoms with Gasteiger partial charge in [0.25, 0.3) is 0 Å². The standard InChI is InChI=1S/C15H26N4O/c1-5-6-15(7-8-16-10-15)14(20)18-11(2)13-9-17-19(4)12(13)3/h9,11,16H,5-8,10H2,1-4H3,(H,18,20). The fourth-order valence-corrected chi connectivity index (χ4v) is 3.11. The highest BCUT2D eigenvalue weighted by Gasteiger charge is 2.40. The molecule has 1 saturated heterocycles. The molecule has 2 N–H and O–H groups in total. The van der Waals surface area contributed by atoms with Crippen molar-refractivity contribution in [3.8, 4) is 0 Å². The Morgan fingerprint density at radius 2 is 2.40 bits per heavy atom. The molecule has 1 aromatic rings. The van der Waals surface area contributed by atoms with Gasteiger partial charge in [0.05, 0.1) is 17.7 Å². The molecule has 5 nitrogen and oxygen atoms in total. The van der Waals surface area contributed by atoms with E-state index in [0.717, 1.165) is 43.6 Å². The molecule has 1 aliphatic heterocycles. The molecule has 0 aliphatic carbocycles. The normalized spacial score (nSPS) is 23.8. The minimum atomic E-state index is -0.223. The van der Waals surface area contributed by atoms with Crippen molar-refractivity contribution in [3.05, 3.63) is 17.5 Å². The Bertz CT molecular complexity index is 474. The molecule has 0 bridgehead atoms. The van der Waals surface area contributed by atoms with Crippen LogP contribution in [0.4, 0.5) is 0 Å². The molecule has 5 heteroatoms. The van der Waals surface area contributed by atoms with E-state index in [-0.39, 0.29) is 17.4 Å². The summed E-state index contributed by atoms with van der Waals surface area (Å²) in [6.07, 6.45) is 4.77. The molecule has 0 radical (unpaired) electrons. The number of aryl methyl sites for hydroxylation is 1. The molecule has 0 spiro atoms. The Labute approximate surface area is 121 Å². The number of hydrogen-bond acceptors (Lipinski definition) is 3. The molecule has 0 saturated carbocycles. The maximum atomic E-state index is 12.7. The Morgan fingerprint density at radius 1 is 1.65 bits per heavy atom. The monoisotopic (exact) mass is 278 g/mol. The SMILES string of the molecule is CCCC1(C(=O)NC(C)c2cnn(C)c2C)CCNC1. The van der Waals surface area contributed by atoms with Crippen molar-refractivity contribution in [1.82, 2.24) is 20.4 Å². The maximum absolute atomic E-state index is 12.7. The lowest BCUT2D eigenvalue weighted by molar-refractivity contribution is -0.131. The van der Waals surface area contributed by atoms with Crippen molar-refractivity contribution in [2.24, 2.45) is 12.5 Å². The van der Waals surface area contributed by atoms with Crippen molar-refractivity contribution in [2.45, 2.75) is 46.1 Å². The van der Waals surface area contributed by atoms with Gasteiger partial charge in [-0.15, -0.1) is 0 Å². The van der Waals surface area contributed by atoms with Crippen LogP contribution in [0.3, 0.4) is 0 Å². The molecular weight excluding hydrogens is 252 g/mol. The maximum Gasteiger partial charge on any atom is 0.228 e. The van der Waals surface area contributed by atoms with Crippen LogP contribution in [0.15, 0.2) is 6.20 Å². The Kier molecular flexibility index (Phi) is 4.48. The molecule has 20 heavy (non-hydrogen) atoms. The van der Waals surface area contributed by atoms with Crippen molar-refractivity contribution >= 4 is 5.91 Å². The van der Waals surface area contributed by atoms with Gasteiger partial charge in [0, 0.05) is 24.8 Å². The number of amides is 1. The van der Waals surface area contributed by atoms with Gasteiger partial charge in [-0.25, -0.2) is 0 Å². The molecule has 1 aliphatic rings. The predicted octanol–water partition coefficient (Wildman–Crippen LogP) is 1.69. The van der Waals surface area contributed by atoms with Gasteiger partial charge >= 0.3 is 0 Å². The number of rotatable bonds is 5. The van der Waals surface area contributed by atoms with Crippen LogP contribution in [0.2, 0.25) is 0 Å². The molecule has 2 atom stereocenters. The van der Waals surface area contributed by atoms with Gasteiger partial charge in [0.15, 0.2) is 0 Å². The first-order chi connectivity index (χ1) is 9.50. The summed E-state index contributed by atoms with van der Waals surface area (Å²) >= 11 is 0. The van der Waals surface area contributed by atoms with Gasteiger partial charge in [-0.05, 0) is 33.2 Å². The smallest absolute Gasteiger partial charge is 0.228 e. The quantitative estimate of drug-likeness (QED) is 0.861. The minimum Gasteiger partial charge on any atom is -0.349 e. The van der Waals surface area contributed by atoms with E-state index in [0.29, 0.717) is 0 Å². The molecule has 2 heterocycles. The summed E-state index contributed by atoms with van der Waals surface area (Å²) in [6.45, 7) is 7.94. The van der Waals surface area contributed by atoms with E-state index in [9.17, 15) is 4.79 Å². The first-order valence-corrected chi connectivity index (χ1v) is 7.50. The Balaban J connectivity index is 2.08. The van der Waals surface area contributed by atoms with Crippen LogP contribution >= 0.6 is 0 Å². The van der Waals surface area contributed by atoms with Crippen LogP contribution in [0, 0.1) is 12.3 Å². The van der Waals surface area contributed by atoms with Gasteiger partial charge < -0.3 is 10.6 Å². The first-order valence-electron chi connectivity index (χ1n) is 7.50. The van der Waals surface area contributed by atoms with E-state index in [2.05, 4.69) is 22.7 Å². The zero-order valence-corrected chi connectivity index (χ0v) is 13.0. The number of hydrogen-bond donors (Lipinski definition) is 2. The number of aromatic nitrogens is 2. The second-order valence-corrected chi connectivity index (χ2v) is 5.96. The largest absolute Gasteiger partial charge is 0.349 e. The lowest BCUT2D eigenvalue weighted by Crippen LogP contribution is -2.43. The first kappa shape index (κ1) is 15.0. The number of carbonyl (C=O) groups is 1. The van der Waals surface area contributed by atoms with E-state index in [1.165, 1.54) is 0 Å². The zero-order valence-electron chi connectivity index (χ0n) is 13.0. The van der Waals surface area contributed by atoms with Crippen molar-refractivity contribution in [1.29, 1.82) is 0 Å². The molecule has 2 unspecified atom stereocenters. The van der Waals surface area contributed by atoms with E-state index in [4.69, 9.17) is 0 Å². The van der Waals surface area contributed by atoms with Crippen molar-refractivity contribution < 1.29 is 4.79 Å². The summed E-state index contributed by atoms with van der Waals surface area (Å²) in [5, 5.41) is 10.8. The van der Waals surface area contributed by atoms with Crippen LogP contribution in [0.5, 0.6) is 0 Å². The van der Waals surface area contributed by atoms with Crippen LogP contribution in [-0.4, -0.2) is 28.8 Å². The number of nitrogens with one attached hydrogen (secondary N) is 2. The second kappa shape index (κ2) is 5.95. The highest BCUT2D eigenvalue weighted by Crippen LogP contribution is 2.32.